The van der Waals surface area contributed by atoms with Gasteiger partial charge in [-0.3, -0.25) is 0 Å². The van der Waals surface area contributed by atoms with Gasteiger partial charge in [0.25, 0.3) is 0 Å². The molecule has 0 fully saturated rings. The van der Waals surface area contributed by atoms with E-state index in [0.717, 1.165) is 26.7 Å². The molecule has 1 aromatic carbocycles. The van der Waals surface area contributed by atoms with Crippen LogP contribution in [0.2, 0.25) is 5.02 Å². The van der Waals surface area contributed by atoms with Gasteiger partial charge >= 0.3 is 0 Å². The van der Waals surface area contributed by atoms with Gasteiger partial charge in [0.05, 0.1) is 6.04 Å². The molecule has 0 amide bonds. The van der Waals surface area contributed by atoms with Crippen LogP contribution in [0.3, 0.4) is 0 Å². The molecule has 4 heteroatoms. The lowest BCUT2D eigenvalue weighted by molar-refractivity contribution is 0.471. The number of nitrogens with one attached hydrogen (secondary N) is 1. The average Bonchev–Trinajstić information content (AvgIpc) is 2.70. The van der Waals surface area contributed by atoms with Gasteiger partial charge in [0, 0.05) is 10.7 Å². The first-order valence-corrected chi connectivity index (χ1v) is 6.51. The molecular formula is C13H13BrClNO. The molecule has 90 valence electrons. The molecule has 0 saturated carbocycles. The third-order valence-corrected chi connectivity index (χ3v) is 3.25. The summed E-state index contributed by atoms with van der Waals surface area (Å²) in [5.41, 5.74) is 2.18. The number of hydrogen-bond donors (Lipinski definition) is 1. The predicted molar refractivity (Wildman–Crippen MR) is 74.6 cm³/mol. The van der Waals surface area contributed by atoms with Crippen LogP contribution >= 0.6 is 27.5 Å². The molecule has 0 aliphatic rings. The number of aryl methyl sites for hydroxylation is 1. The number of anilines is 1. The van der Waals surface area contributed by atoms with Gasteiger partial charge in [-0.15, -0.1) is 0 Å². The van der Waals surface area contributed by atoms with Crippen molar-refractivity contribution in [3.63, 3.8) is 0 Å². The number of halogens is 2. The Balaban J connectivity index is 2.18. The van der Waals surface area contributed by atoms with E-state index in [1.54, 1.807) is 0 Å². The van der Waals surface area contributed by atoms with Gasteiger partial charge in [0.1, 0.15) is 5.76 Å². The molecule has 17 heavy (non-hydrogen) atoms. The molecule has 2 nitrogen and oxygen atoms in total. The summed E-state index contributed by atoms with van der Waals surface area (Å²) >= 11 is 9.28. The van der Waals surface area contributed by atoms with E-state index in [-0.39, 0.29) is 6.04 Å². The quantitative estimate of drug-likeness (QED) is 0.844. The molecule has 1 atom stereocenters. The molecule has 1 N–H and O–H groups in total. The molecule has 1 aromatic heterocycles. The van der Waals surface area contributed by atoms with Crippen molar-refractivity contribution in [2.24, 2.45) is 0 Å². The van der Waals surface area contributed by atoms with Crippen LogP contribution in [0.5, 0.6) is 0 Å². The van der Waals surface area contributed by atoms with Crippen molar-refractivity contribution in [3.05, 3.63) is 51.3 Å². The van der Waals surface area contributed by atoms with Crippen molar-refractivity contribution >= 4 is 33.2 Å². The molecule has 0 bridgehead atoms. The predicted octanol–water partition coefficient (Wildman–Crippen LogP) is 5.18. The molecule has 1 heterocycles. The van der Waals surface area contributed by atoms with Crippen molar-refractivity contribution in [1.29, 1.82) is 0 Å². The molecule has 0 aliphatic heterocycles. The van der Waals surface area contributed by atoms with E-state index in [0.29, 0.717) is 0 Å². The summed E-state index contributed by atoms with van der Waals surface area (Å²) in [6.45, 7) is 4.09. The van der Waals surface area contributed by atoms with Crippen molar-refractivity contribution < 1.29 is 4.42 Å². The maximum absolute atomic E-state index is 5.98. The fourth-order valence-electron chi connectivity index (χ4n) is 1.62. The zero-order valence-corrected chi connectivity index (χ0v) is 12.0. The summed E-state index contributed by atoms with van der Waals surface area (Å²) in [7, 11) is 0. The smallest absolute Gasteiger partial charge is 0.169 e. The van der Waals surface area contributed by atoms with E-state index in [2.05, 4.69) is 21.2 Å². The van der Waals surface area contributed by atoms with Gasteiger partial charge in [-0.05, 0) is 59.6 Å². The van der Waals surface area contributed by atoms with Crippen molar-refractivity contribution in [2.75, 3.05) is 5.32 Å². The Morgan fingerprint density at radius 1 is 1.29 bits per heavy atom. The second kappa shape index (κ2) is 5.15. The fourth-order valence-corrected chi connectivity index (χ4v) is 2.11. The SMILES string of the molecule is Cc1ccc(Cl)cc1NC(C)c1ccc(Br)o1. The van der Waals surface area contributed by atoms with Crippen LogP contribution in [-0.2, 0) is 0 Å². The molecular weight excluding hydrogens is 302 g/mol. The van der Waals surface area contributed by atoms with Gasteiger partial charge in [-0.1, -0.05) is 17.7 Å². The highest BCUT2D eigenvalue weighted by molar-refractivity contribution is 9.10. The van der Waals surface area contributed by atoms with Gasteiger partial charge in [-0.2, -0.15) is 0 Å². The molecule has 0 aliphatic carbocycles. The molecule has 0 saturated heterocycles. The lowest BCUT2D eigenvalue weighted by Gasteiger charge is -2.15. The number of furan rings is 1. The normalized spacial score (nSPS) is 12.5. The minimum Gasteiger partial charge on any atom is -0.452 e. The van der Waals surface area contributed by atoms with Crippen molar-refractivity contribution in [1.82, 2.24) is 0 Å². The summed E-state index contributed by atoms with van der Waals surface area (Å²) < 4.78 is 6.25. The second-order valence-corrected chi connectivity index (χ2v) is 5.19. The standard InChI is InChI=1S/C13H13BrClNO/c1-8-3-4-10(15)7-11(8)16-9(2)12-5-6-13(14)17-12/h3-7,9,16H,1-2H3. The highest BCUT2D eigenvalue weighted by Crippen LogP contribution is 2.27. The lowest BCUT2D eigenvalue weighted by Crippen LogP contribution is -2.06. The molecule has 1 unspecified atom stereocenters. The number of benzene rings is 1. The minimum atomic E-state index is 0.0958. The highest BCUT2D eigenvalue weighted by Gasteiger charge is 2.10. The fraction of sp³-hybridized carbons (Fsp3) is 0.231. The van der Waals surface area contributed by atoms with Gasteiger partial charge < -0.3 is 9.73 Å². The van der Waals surface area contributed by atoms with Gasteiger partial charge in [0.2, 0.25) is 0 Å². The Kier molecular flexibility index (Phi) is 3.79. The van der Waals surface area contributed by atoms with Crippen LogP contribution in [0.1, 0.15) is 24.3 Å². The second-order valence-electron chi connectivity index (χ2n) is 3.97. The largest absolute Gasteiger partial charge is 0.452 e. The summed E-state index contributed by atoms with van der Waals surface area (Å²) in [6.07, 6.45) is 0. The molecule has 2 aromatic rings. The first kappa shape index (κ1) is 12.5. The van der Waals surface area contributed by atoms with Gasteiger partial charge in [0.15, 0.2) is 4.67 Å². The van der Waals surface area contributed by atoms with E-state index in [1.165, 1.54) is 0 Å². The van der Waals surface area contributed by atoms with Crippen LogP contribution in [0.4, 0.5) is 5.69 Å². The third kappa shape index (κ3) is 3.05. The molecule has 2 rings (SSSR count). The maximum atomic E-state index is 5.98. The number of rotatable bonds is 3. The van der Waals surface area contributed by atoms with E-state index >= 15 is 0 Å². The Labute approximate surface area is 114 Å². The van der Waals surface area contributed by atoms with E-state index in [9.17, 15) is 0 Å². The first-order valence-electron chi connectivity index (χ1n) is 5.34. The molecule has 0 radical (unpaired) electrons. The Bertz CT molecular complexity index is 524. The zero-order valence-electron chi connectivity index (χ0n) is 9.63. The molecule has 0 spiro atoms. The number of hydrogen-bond acceptors (Lipinski definition) is 2. The topological polar surface area (TPSA) is 25.2 Å². The van der Waals surface area contributed by atoms with Crippen LogP contribution in [-0.4, -0.2) is 0 Å². The Hall–Kier alpha value is -0.930. The summed E-state index contributed by atoms with van der Waals surface area (Å²) in [6, 6.07) is 9.73. The Morgan fingerprint density at radius 3 is 2.71 bits per heavy atom. The summed E-state index contributed by atoms with van der Waals surface area (Å²) in [5, 5.41) is 4.11. The monoisotopic (exact) mass is 313 g/mol. The lowest BCUT2D eigenvalue weighted by atomic mass is 10.1. The van der Waals surface area contributed by atoms with E-state index in [4.69, 9.17) is 16.0 Å². The maximum Gasteiger partial charge on any atom is 0.169 e. The third-order valence-electron chi connectivity index (χ3n) is 2.59. The first-order chi connectivity index (χ1) is 8.06. The van der Waals surface area contributed by atoms with Crippen molar-refractivity contribution in [3.8, 4) is 0 Å². The van der Waals surface area contributed by atoms with Gasteiger partial charge in [-0.25, -0.2) is 0 Å². The van der Waals surface area contributed by atoms with Crippen molar-refractivity contribution in [2.45, 2.75) is 19.9 Å². The van der Waals surface area contributed by atoms with E-state index in [1.807, 2.05) is 44.2 Å². The van der Waals surface area contributed by atoms with Crippen LogP contribution < -0.4 is 5.32 Å². The minimum absolute atomic E-state index is 0.0958. The average molecular weight is 315 g/mol. The summed E-state index contributed by atoms with van der Waals surface area (Å²) in [4.78, 5) is 0. The van der Waals surface area contributed by atoms with Crippen LogP contribution in [0.15, 0.2) is 39.4 Å². The zero-order chi connectivity index (χ0) is 12.4. The summed E-state index contributed by atoms with van der Waals surface area (Å²) in [5.74, 6) is 0.885. The van der Waals surface area contributed by atoms with Crippen LogP contribution in [0.25, 0.3) is 0 Å². The Morgan fingerprint density at radius 2 is 2.06 bits per heavy atom. The van der Waals surface area contributed by atoms with Crippen LogP contribution in [0, 0.1) is 6.92 Å². The highest BCUT2D eigenvalue weighted by atomic mass is 79.9. The van der Waals surface area contributed by atoms with E-state index < -0.39 is 0 Å².